The van der Waals surface area contributed by atoms with E-state index in [2.05, 4.69) is 31.1 Å². The van der Waals surface area contributed by atoms with Crippen LogP contribution in [0.15, 0.2) is 36.5 Å². The monoisotopic (exact) mass is 308 g/mol. The molecule has 112 valence electrons. The quantitative estimate of drug-likeness (QED) is 0.899. The summed E-state index contributed by atoms with van der Waals surface area (Å²) < 4.78 is 19.3. The molecule has 0 bridgehead atoms. The van der Waals surface area contributed by atoms with Crippen molar-refractivity contribution in [3.05, 3.63) is 53.1 Å². The van der Waals surface area contributed by atoms with Gasteiger partial charge in [-0.25, -0.2) is 4.39 Å². The highest BCUT2D eigenvalue weighted by Gasteiger charge is 2.11. The number of aromatic nitrogens is 1. The van der Waals surface area contributed by atoms with Crippen LogP contribution in [-0.2, 0) is 6.54 Å². The van der Waals surface area contributed by atoms with E-state index in [0.29, 0.717) is 12.3 Å². The van der Waals surface area contributed by atoms with Crippen LogP contribution >= 0.6 is 11.6 Å². The van der Waals surface area contributed by atoms with Crippen molar-refractivity contribution in [2.75, 3.05) is 0 Å². The van der Waals surface area contributed by atoms with Gasteiger partial charge in [-0.1, -0.05) is 17.7 Å². The second kappa shape index (κ2) is 6.41. The van der Waals surface area contributed by atoms with Crippen molar-refractivity contribution in [1.82, 2.24) is 10.3 Å². The normalized spacial score (nSPS) is 11.5. The first kappa shape index (κ1) is 15.7. The van der Waals surface area contributed by atoms with Crippen molar-refractivity contribution in [2.24, 2.45) is 0 Å². The lowest BCUT2D eigenvalue weighted by atomic mass is 10.1. The number of halogens is 2. The van der Waals surface area contributed by atoms with Gasteiger partial charge in [0.2, 0.25) is 0 Å². The maximum atomic E-state index is 13.8. The second-order valence-corrected chi connectivity index (χ2v) is 6.15. The largest absolute Gasteiger partial charge is 0.454 e. The summed E-state index contributed by atoms with van der Waals surface area (Å²) in [5, 5.41) is 3.37. The zero-order valence-electron chi connectivity index (χ0n) is 12.3. The van der Waals surface area contributed by atoms with Crippen molar-refractivity contribution in [2.45, 2.75) is 32.9 Å². The molecule has 0 saturated heterocycles. The zero-order valence-corrected chi connectivity index (χ0v) is 13.0. The minimum atomic E-state index is -0.564. The summed E-state index contributed by atoms with van der Waals surface area (Å²) in [6, 6.07) is 8.12. The fourth-order valence-corrected chi connectivity index (χ4v) is 1.83. The average Bonchev–Trinajstić information content (AvgIpc) is 2.41. The summed E-state index contributed by atoms with van der Waals surface area (Å²) in [6.07, 6.45) is 1.64. The van der Waals surface area contributed by atoms with Crippen LogP contribution < -0.4 is 10.1 Å². The minimum absolute atomic E-state index is 0.00238. The molecule has 0 unspecified atom stereocenters. The van der Waals surface area contributed by atoms with Crippen LogP contribution in [0.25, 0.3) is 0 Å². The topological polar surface area (TPSA) is 34.1 Å². The second-order valence-electron chi connectivity index (χ2n) is 5.74. The Labute approximate surface area is 129 Å². The van der Waals surface area contributed by atoms with E-state index in [1.54, 1.807) is 24.4 Å². The van der Waals surface area contributed by atoms with E-state index in [9.17, 15) is 4.39 Å². The SMILES string of the molecule is CC(C)(C)NCc1cc(Oc2cccc(Cl)c2F)ccn1. The van der Waals surface area contributed by atoms with Crippen LogP contribution in [0.1, 0.15) is 26.5 Å². The van der Waals surface area contributed by atoms with E-state index >= 15 is 0 Å². The molecule has 2 rings (SSSR count). The Morgan fingerprint density at radius 2 is 2.05 bits per heavy atom. The molecule has 3 nitrogen and oxygen atoms in total. The molecule has 0 saturated carbocycles. The molecule has 0 aliphatic carbocycles. The first-order valence-corrected chi connectivity index (χ1v) is 7.05. The van der Waals surface area contributed by atoms with Gasteiger partial charge in [0.25, 0.3) is 0 Å². The van der Waals surface area contributed by atoms with Crippen molar-refractivity contribution < 1.29 is 9.13 Å². The van der Waals surface area contributed by atoms with Gasteiger partial charge in [-0.05, 0) is 39.0 Å². The van der Waals surface area contributed by atoms with Crippen LogP contribution in [0.2, 0.25) is 5.02 Å². The molecule has 0 fully saturated rings. The van der Waals surface area contributed by atoms with Crippen molar-refractivity contribution in [3.63, 3.8) is 0 Å². The number of ether oxygens (including phenoxy) is 1. The molecule has 21 heavy (non-hydrogen) atoms. The number of nitrogens with zero attached hydrogens (tertiary/aromatic N) is 1. The number of pyridine rings is 1. The van der Waals surface area contributed by atoms with E-state index in [1.165, 1.54) is 12.1 Å². The summed E-state index contributed by atoms with van der Waals surface area (Å²) in [4.78, 5) is 4.26. The smallest absolute Gasteiger partial charge is 0.184 e. The molecule has 1 aromatic heterocycles. The highest BCUT2D eigenvalue weighted by Crippen LogP contribution is 2.28. The lowest BCUT2D eigenvalue weighted by Gasteiger charge is -2.20. The molecule has 0 atom stereocenters. The molecule has 1 aromatic carbocycles. The Morgan fingerprint density at radius 1 is 1.29 bits per heavy atom. The molecule has 1 N–H and O–H groups in total. The van der Waals surface area contributed by atoms with Gasteiger partial charge < -0.3 is 10.1 Å². The van der Waals surface area contributed by atoms with Crippen LogP contribution in [0, 0.1) is 5.82 Å². The van der Waals surface area contributed by atoms with Crippen molar-refractivity contribution in [3.8, 4) is 11.5 Å². The molecule has 0 aliphatic rings. The average molecular weight is 309 g/mol. The number of hydrogen-bond acceptors (Lipinski definition) is 3. The Bertz CT molecular complexity index is 626. The van der Waals surface area contributed by atoms with Crippen LogP contribution in [-0.4, -0.2) is 10.5 Å². The molecule has 5 heteroatoms. The van der Waals surface area contributed by atoms with Gasteiger partial charge in [0.05, 0.1) is 10.7 Å². The van der Waals surface area contributed by atoms with Gasteiger partial charge in [-0.2, -0.15) is 0 Å². The lowest BCUT2D eigenvalue weighted by Crippen LogP contribution is -2.35. The third kappa shape index (κ3) is 4.69. The Kier molecular flexibility index (Phi) is 4.80. The van der Waals surface area contributed by atoms with Gasteiger partial charge in [0.15, 0.2) is 11.6 Å². The molecule has 0 radical (unpaired) electrons. The van der Waals surface area contributed by atoms with E-state index in [4.69, 9.17) is 16.3 Å². The van der Waals surface area contributed by atoms with E-state index < -0.39 is 5.82 Å². The van der Waals surface area contributed by atoms with Crippen LogP contribution in [0.4, 0.5) is 4.39 Å². The third-order valence-electron chi connectivity index (χ3n) is 2.73. The number of rotatable bonds is 4. The molecule has 2 aromatic rings. The predicted octanol–water partition coefficient (Wildman–Crippen LogP) is 4.55. The summed E-state index contributed by atoms with van der Waals surface area (Å²) in [5.74, 6) is 0.0608. The molecule has 0 aliphatic heterocycles. The summed E-state index contributed by atoms with van der Waals surface area (Å²) in [7, 11) is 0. The maximum Gasteiger partial charge on any atom is 0.184 e. The van der Waals surface area contributed by atoms with Crippen LogP contribution in [0.5, 0.6) is 11.5 Å². The van der Waals surface area contributed by atoms with Gasteiger partial charge in [-0.15, -0.1) is 0 Å². The first-order chi connectivity index (χ1) is 9.85. The van der Waals surface area contributed by atoms with Gasteiger partial charge in [0.1, 0.15) is 5.75 Å². The fourth-order valence-electron chi connectivity index (χ4n) is 1.66. The molecule has 1 heterocycles. The molecular formula is C16H18ClFN2O. The Hall–Kier alpha value is -1.65. The molecule has 0 spiro atoms. The summed E-state index contributed by atoms with van der Waals surface area (Å²) in [6.45, 7) is 6.84. The summed E-state index contributed by atoms with van der Waals surface area (Å²) in [5.41, 5.74) is 0.822. The van der Waals surface area contributed by atoms with Crippen molar-refractivity contribution >= 4 is 11.6 Å². The van der Waals surface area contributed by atoms with E-state index in [1.807, 2.05) is 0 Å². The van der Waals surface area contributed by atoms with Crippen LogP contribution in [0.3, 0.4) is 0 Å². The zero-order chi connectivity index (χ0) is 15.5. The fraction of sp³-hybridized carbons (Fsp3) is 0.312. The Morgan fingerprint density at radius 3 is 2.76 bits per heavy atom. The van der Waals surface area contributed by atoms with Gasteiger partial charge in [0, 0.05) is 24.3 Å². The minimum Gasteiger partial charge on any atom is -0.454 e. The van der Waals surface area contributed by atoms with E-state index in [0.717, 1.165) is 5.69 Å². The Balaban J connectivity index is 2.12. The third-order valence-corrected chi connectivity index (χ3v) is 3.02. The lowest BCUT2D eigenvalue weighted by molar-refractivity contribution is 0.417. The molecule has 0 amide bonds. The number of nitrogens with one attached hydrogen (secondary N) is 1. The van der Waals surface area contributed by atoms with E-state index in [-0.39, 0.29) is 16.3 Å². The first-order valence-electron chi connectivity index (χ1n) is 6.67. The standard InChI is InChI=1S/C16H18ClFN2O/c1-16(2,3)20-10-11-9-12(7-8-19-11)21-14-6-4-5-13(17)15(14)18/h4-9,20H,10H2,1-3H3. The number of hydrogen-bond donors (Lipinski definition) is 1. The van der Waals surface area contributed by atoms with Gasteiger partial charge >= 0.3 is 0 Å². The molecular weight excluding hydrogens is 291 g/mol. The predicted molar refractivity (Wildman–Crippen MR) is 82.3 cm³/mol. The number of benzene rings is 1. The highest BCUT2D eigenvalue weighted by molar-refractivity contribution is 6.30. The van der Waals surface area contributed by atoms with Crippen molar-refractivity contribution in [1.29, 1.82) is 0 Å². The maximum absolute atomic E-state index is 13.8. The van der Waals surface area contributed by atoms with Gasteiger partial charge in [-0.3, -0.25) is 4.98 Å². The summed E-state index contributed by atoms with van der Waals surface area (Å²) >= 11 is 5.73. The highest BCUT2D eigenvalue weighted by atomic mass is 35.5.